The molecule has 0 bridgehead atoms. The summed E-state index contributed by atoms with van der Waals surface area (Å²) in [6, 6.07) is 8.00. The lowest BCUT2D eigenvalue weighted by atomic mass is 10.0. The quantitative estimate of drug-likeness (QED) is 0.131. The lowest BCUT2D eigenvalue weighted by molar-refractivity contribution is -0.123. The first-order valence-corrected chi connectivity index (χ1v) is 15.2. The average Bonchev–Trinajstić information content (AvgIpc) is 2.81. The Morgan fingerprint density at radius 2 is 1.69 bits per heavy atom. The van der Waals surface area contributed by atoms with Gasteiger partial charge in [0.15, 0.2) is 5.78 Å². The molecule has 0 aliphatic heterocycles. The van der Waals surface area contributed by atoms with E-state index >= 15 is 0 Å². The van der Waals surface area contributed by atoms with Crippen molar-refractivity contribution in [3.8, 4) is 11.8 Å². The second-order valence-electron chi connectivity index (χ2n) is 9.85. The van der Waals surface area contributed by atoms with Crippen molar-refractivity contribution in [2.45, 2.75) is 90.6 Å². The van der Waals surface area contributed by atoms with Crippen molar-refractivity contribution in [1.82, 2.24) is 5.32 Å². The van der Waals surface area contributed by atoms with Gasteiger partial charge in [0.05, 0.1) is 0 Å². The van der Waals surface area contributed by atoms with Crippen LogP contribution in [0.2, 0.25) is 0 Å². The third kappa shape index (κ3) is 16.0. The predicted molar refractivity (Wildman–Crippen MR) is 153 cm³/mol. The average molecular weight is 520 g/mol. The molecular formula is C29H45NO3S2. The van der Waals surface area contributed by atoms with Crippen molar-refractivity contribution in [3.05, 3.63) is 35.4 Å². The summed E-state index contributed by atoms with van der Waals surface area (Å²) in [5.41, 5.74) is 1.93. The van der Waals surface area contributed by atoms with Crippen LogP contribution in [0.15, 0.2) is 24.3 Å². The van der Waals surface area contributed by atoms with Crippen molar-refractivity contribution < 1.29 is 14.3 Å². The van der Waals surface area contributed by atoms with E-state index in [0.717, 1.165) is 32.2 Å². The van der Waals surface area contributed by atoms with Crippen LogP contribution >= 0.6 is 21.6 Å². The molecule has 35 heavy (non-hydrogen) atoms. The molecule has 4 nitrogen and oxygen atoms in total. The summed E-state index contributed by atoms with van der Waals surface area (Å²) < 4.78 is 5.63. The number of ketones is 1. The second-order valence-corrected chi connectivity index (χ2v) is 12.9. The molecule has 0 saturated carbocycles. The number of ether oxygens (including phenoxy) is 1. The molecule has 0 heterocycles. The summed E-state index contributed by atoms with van der Waals surface area (Å²) in [5, 5.41) is 3.87. The molecule has 0 aliphatic carbocycles. The fourth-order valence-electron chi connectivity index (χ4n) is 3.22. The molecule has 0 radical (unpaired) electrons. The number of hydrogen-bond acceptors (Lipinski definition) is 5. The van der Waals surface area contributed by atoms with Gasteiger partial charge in [-0.1, -0.05) is 75.3 Å². The Hall–Kier alpha value is -1.42. The van der Waals surface area contributed by atoms with Crippen LogP contribution in [0.4, 0.5) is 0 Å². The Labute approximate surface area is 221 Å². The van der Waals surface area contributed by atoms with Gasteiger partial charge in [-0.05, 0) is 49.3 Å². The van der Waals surface area contributed by atoms with Gasteiger partial charge in [-0.25, -0.2) is 0 Å². The van der Waals surface area contributed by atoms with Gasteiger partial charge in [-0.2, -0.15) is 0 Å². The van der Waals surface area contributed by atoms with Gasteiger partial charge < -0.3 is 10.1 Å². The maximum atomic E-state index is 12.4. The molecular weight excluding hydrogens is 474 g/mol. The molecule has 1 rings (SSSR count). The Morgan fingerprint density at radius 3 is 2.31 bits per heavy atom. The molecule has 1 aromatic rings. The van der Waals surface area contributed by atoms with Crippen LogP contribution in [-0.2, 0) is 9.53 Å². The molecule has 1 N–H and O–H groups in total. The van der Waals surface area contributed by atoms with E-state index < -0.39 is 0 Å². The van der Waals surface area contributed by atoms with E-state index in [1.54, 1.807) is 0 Å². The number of amides is 1. The summed E-state index contributed by atoms with van der Waals surface area (Å²) in [5.74, 6) is 7.23. The molecule has 196 valence electrons. The van der Waals surface area contributed by atoms with E-state index in [1.165, 1.54) is 5.56 Å². The lowest BCUT2D eigenvalue weighted by Gasteiger charge is -2.18. The standard InChI is InChI=1S/C29H45NO3S2/c1-22(2)11-7-8-13-27(31)21-33-20-10-14-28(35-34-24(5)6)25-15-17-26(18-16-25)29(32)30-19-9-12-23(3)4/h15-18,22-24,28H,8-10,12-14,19-21H2,1-6H3,(H,30,32). The third-order valence-electron chi connectivity index (χ3n) is 5.09. The highest BCUT2D eigenvalue weighted by atomic mass is 33.1. The van der Waals surface area contributed by atoms with Gasteiger partial charge in [0.2, 0.25) is 0 Å². The number of Topliss-reactive ketones (excluding diaryl/α,β-unsaturated/α-hetero) is 1. The van der Waals surface area contributed by atoms with E-state index in [2.05, 4.69) is 57.0 Å². The molecule has 1 aromatic carbocycles. The fraction of sp³-hybridized carbons (Fsp3) is 0.655. The summed E-state index contributed by atoms with van der Waals surface area (Å²) >= 11 is 0. The first-order valence-electron chi connectivity index (χ1n) is 13.0. The lowest BCUT2D eigenvalue weighted by Crippen LogP contribution is -2.24. The van der Waals surface area contributed by atoms with Crippen LogP contribution in [0, 0.1) is 23.7 Å². The van der Waals surface area contributed by atoms with Crippen molar-refractivity contribution in [3.63, 3.8) is 0 Å². The van der Waals surface area contributed by atoms with Gasteiger partial charge in [0.25, 0.3) is 5.91 Å². The zero-order valence-corrected chi connectivity index (χ0v) is 24.2. The minimum atomic E-state index is -0.00526. The van der Waals surface area contributed by atoms with Crippen LogP contribution < -0.4 is 5.32 Å². The zero-order valence-electron chi connectivity index (χ0n) is 22.5. The molecule has 0 fully saturated rings. The zero-order chi connectivity index (χ0) is 26.1. The molecule has 0 saturated heterocycles. The summed E-state index contributed by atoms with van der Waals surface area (Å²) in [4.78, 5) is 24.4. The maximum absolute atomic E-state index is 12.4. The fourth-order valence-corrected chi connectivity index (χ4v) is 5.80. The van der Waals surface area contributed by atoms with Gasteiger partial charge >= 0.3 is 0 Å². The largest absolute Gasteiger partial charge is 0.374 e. The number of carbonyl (C=O) groups excluding carboxylic acids is 2. The molecule has 1 atom stereocenters. The van der Waals surface area contributed by atoms with Gasteiger partial charge in [0, 0.05) is 48.0 Å². The van der Waals surface area contributed by atoms with Gasteiger partial charge in [-0.15, -0.1) is 11.8 Å². The topological polar surface area (TPSA) is 55.4 Å². The number of hydrogen-bond donors (Lipinski definition) is 1. The van der Waals surface area contributed by atoms with Crippen molar-refractivity contribution in [2.24, 2.45) is 11.8 Å². The normalized spacial score (nSPS) is 12.0. The first kappa shape index (κ1) is 31.6. The van der Waals surface area contributed by atoms with Crippen LogP contribution in [-0.4, -0.2) is 36.7 Å². The predicted octanol–water partition coefficient (Wildman–Crippen LogP) is 7.49. The van der Waals surface area contributed by atoms with Crippen LogP contribution in [0.3, 0.4) is 0 Å². The molecule has 1 unspecified atom stereocenters. The molecule has 6 heteroatoms. The minimum Gasteiger partial charge on any atom is -0.374 e. The van der Waals surface area contributed by atoms with Crippen molar-refractivity contribution >= 4 is 33.3 Å². The highest BCUT2D eigenvalue weighted by molar-refractivity contribution is 8.77. The van der Waals surface area contributed by atoms with E-state index in [0.29, 0.717) is 47.3 Å². The van der Waals surface area contributed by atoms with Crippen molar-refractivity contribution in [2.75, 3.05) is 19.8 Å². The second kappa shape index (κ2) is 18.8. The Balaban J connectivity index is 2.49. The van der Waals surface area contributed by atoms with E-state index in [1.807, 2.05) is 47.6 Å². The SMILES string of the molecule is CC(C)C#CCCC(=O)COCCCC(SSC(C)C)c1ccc(C(=O)NCCCC(C)C)cc1. The minimum absolute atomic E-state index is 0.00526. The number of carbonyl (C=O) groups is 2. The smallest absolute Gasteiger partial charge is 0.251 e. The highest BCUT2D eigenvalue weighted by Gasteiger charge is 2.15. The monoisotopic (exact) mass is 519 g/mol. The third-order valence-corrected chi connectivity index (χ3v) is 8.51. The Bertz CT molecular complexity index is 794. The van der Waals surface area contributed by atoms with E-state index in [-0.39, 0.29) is 18.3 Å². The molecule has 1 amide bonds. The van der Waals surface area contributed by atoms with Crippen molar-refractivity contribution in [1.29, 1.82) is 0 Å². The van der Waals surface area contributed by atoms with Crippen LogP contribution in [0.5, 0.6) is 0 Å². The van der Waals surface area contributed by atoms with Gasteiger partial charge in [-0.3, -0.25) is 9.59 Å². The molecule has 0 aliphatic rings. The van der Waals surface area contributed by atoms with Crippen LogP contribution in [0.1, 0.15) is 101 Å². The maximum Gasteiger partial charge on any atom is 0.251 e. The number of rotatable bonds is 17. The summed E-state index contributed by atoms with van der Waals surface area (Å²) in [6.07, 6.45) is 5.04. The molecule has 0 spiro atoms. The Morgan fingerprint density at radius 1 is 0.971 bits per heavy atom. The summed E-state index contributed by atoms with van der Waals surface area (Å²) in [6.45, 7) is 14.3. The highest BCUT2D eigenvalue weighted by Crippen LogP contribution is 2.43. The summed E-state index contributed by atoms with van der Waals surface area (Å²) in [7, 11) is 3.75. The molecule has 0 aromatic heterocycles. The van der Waals surface area contributed by atoms with Crippen LogP contribution in [0.25, 0.3) is 0 Å². The first-order chi connectivity index (χ1) is 16.7. The van der Waals surface area contributed by atoms with Gasteiger partial charge in [0.1, 0.15) is 6.61 Å². The number of nitrogens with one attached hydrogen (secondary N) is 1. The van der Waals surface area contributed by atoms with E-state index in [4.69, 9.17) is 4.74 Å². The number of benzene rings is 1. The van der Waals surface area contributed by atoms with E-state index in [9.17, 15) is 9.59 Å². The Kier molecular flexibility index (Phi) is 17.0.